The Balaban J connectivity index is 2.02. The number of imide groups is 1. The van der Waals surface area contributed by atoms with Crippen LogP contribution in [0.1, 0.15) is 20.3 Å². The molecule has 2 amide bonds. The van der Waals surface area contributed by atoms with E-state index in [0.717, 1.165) is 11.5 Å². The Labute approximate surface area is 123 Å². The lowest BCUT2D eigenvalue weighted by molar-refractivity contribution is -0.121. The first-order chi connectivity index (χ1) is 9.63. The van der Waals surface area contributed by atoms with Crippen LogP contribution in [0.3, 0.4) is 0 Å². The third kappa shape index (κ3) is 3.41. The molecule has 0 saturated carbocycles. The van der Waals surface area contributed by atoms with Gasteiger partial charge in [-0.25, -0.2) is 4.90 Å². The fraction of sp³-hybridized carbons (Fsp3) is 0.467. The number of hydrogen-bond donors (Lipinski definition) is 1. The van der Waals surface area contributed by atoms with E-state index in [4.69, 9.17) is 0 Å². The minimum Gasteiger partial charge on any atom is -0.302 e. The van der Waals surface area contributed by atoms with Crippen LogP contribution >= 0.6 is 11.8 Å². The maximum Gasteiger partial charge on any atom is 0.251 e. The maximum absolute atomic E-state index is 12.4. The summed E-state index contributed by atoms with van der Waals surface area (Å²) in [6.07, 6.45) is 0.245. The van der Waals surface area contributed by atoms with E-state index < -0.39 is 6.04 Å². The van der Waals surface area contributed by atoms with Crippen molar-refractivity contribution in [2.24, 2.45) is 0 Å². The molecule has 5 heteroatoms. The third-order valence-electron chi connectivity index (χ3n) is 3.22. The van der Waals surface area contributed by atoms with Crippen LogP contribution in [0.15, 0.2) is 30.3 Å². The average molecular weight is 292 g/mol. The highest BCUT2D eigenvalue weighted by molar-refractivity contribution is 7.99. The second-order valence-corrected chi connectivity index (χ2v) is 6.21. The molecule has 108 valence electrons. The van der Waals surface area contributed by atoms with Gasteiger partial charge in [0.25, 0.3) is 5.91 Å². The van der Waals surface area contributed by atoms with Gasteiger partial charge in [-0.1, -0.05) is 25.1 Å². The van der Waals surface area contributed by atoms with Crippen LogP contribution < -0.4 is 10.2 Å². The van der Waals surface area contributed by atoms with Crippen molar-refractivity contribution >= 4 is 29.3 Å². The molecule has 2 rings (SSSR count). The molecule has 2 atom stereocenters. The van der Waals surface area contributed by atoms with Crippen molar-refractivity contribution in [3.8, 4) is 0 Å². The van der Waals surface area contributed by atoms with Gasteiger partial charge in [0.15, 0.2) is 0 Å². The maximum atomic E-state index is 12.4. The largest absolute Gasteiger partial charge is 0.302 e. The van der Waals surface area contributed by atoms with Gasteiger partial charge in [0.05, 0.1) is 18.2 Å². The molecule has 4 nitrogen and oxygen atoms in total. The SMILES string of the molecule is CCSCC(C)NC1CC(=O)N(c2ccccc2)C1=O. The standard InChI is InChI=1S/C15H20N2O2S/c1-3-20-10-11(2)16-13-9-14(18)17(15(13)19)12-7-5-4-6-8-12/h4-8,11,13,16H,3,9-10H2,1-2H3. The third-order valence-corrected chi connectivity index (χ3v) is 4.36. The normalized spacial score (nSPS) is 20.5. The second-order valence-electron chi connectivity index (χ2n) is 4.89. The molecule has 1 saturated heterocycles. The quantitative estimate of drug-likeness (QED) is 0.815. The molecular weight excluding hydrogens is 272 g/mol. The van der Waals surface area contributed by atoms with Crippen LogP contribution in [0.4, 0.5) is 5.69 Å². The number of carbonyl (C=O) groups excluding carboxylic acids is 2. The molecule has 0 bridgehead atoms. The molecule has 1 fully saturated rings. The molecule has 1 N–H and O–H groups in total. The Morgan fingerprint density at radius 3 is 2.70 bits per heavy atom. The predicted molar refractivity (Wildman–Crippen MR) is 82.9 cm³/mol. The lowest BCUT2D eigenvalue weighted by Gasteiger charge is -2.18. The van der Waals surface area contributed by atoms with Gasteiger partial charge in [-0.15, -0.1) is 0 Å². The Morgan fingerprint density at radius 2 is 2.05 bits per heavy atom. The highest BCUT2D eigenvalue weighted by Gasteiger charge is 2.39. The van der Waals surface area contributed by atoms with Crippen molar-refractivity contribution in [1.82, 2.24) is 5.32 Å². The van der Waals surface area contributed by atoms with E-state index in [1.54, 1.807) is 12.1 Å². The number of hydrogen-bond acceptors (Lipinski definition) is 4. The molecule has 1 aromatic rings. The zero-order valence-electron chi connectivity index (χ0n) is 11.8. The van der Waals surface area contributed by atoms with Gasteiger partial charge in [-0.05, 0) is 24.8 Å². The topological polar surface area (TPSA) is 49.4 Å². The molecule has 2 unspecified atom stereocenters. The van der Waals surface area contributed by atoms with E-state index in [-0.39, 0.29) is 24.3 Å². The van der Waals surface area contributed by atoms with Crippen LogP contribution in [0.5, 0.6) is 0 Å². The lowest BCUT2D eigenvalue weighted by Crippen LogP contribution is -2.43. The number of nitrogens with zero attached hydrogens (tertiary/aromatic N) is 1. The molecule has 1 aliphatic rings. The molecule has 1 aliphatic heterocycles. The van der Waals surface area contributed by atoms with E-state index in [2.05, 4.69) is 12.2 Å². The fourth-order valence-corrected chi connectivity index (χ4v) is 2.98. The van der Waals surface area contributed by atoms with Crippen LogP contribution in [0, 0.1) is 0 Å². The number of para-hydroxylation sites is 1. The Kier molecular flexibility index (Phi) is 5.20. The number of rotatable bonds is 6. The number of benzene rings is 1. The summed E-state index contributed by atoms with van der Waals surface area (Å²) in [5.74, 6) is 1.73. The summed E-state index contributed by atoms with van der Waals surface area (Å²) >= 11 is 1.83. The monoisotopic (exact) mass is 292 g/mol. The highest BCUT2D eigenvalue weighted by atomic mass is 32.2. The van der Waals surface area contributed by atoms with Gasteiger partial charge in [-0.3, -0.25) is 9.59 Å². The molecule has 0 aliphatic carbocycles. The van der Waals surface area contributed by atoms with Gasteiger partial charge >= 0.3 is 0 Å². The lowest BCUT2D eigenvalue weighted by atomic mass is 10.2. The van der Waals surface area contributed by atoms with Gasteiger partial charge in [0.2, 0.25) is 5.91 Å². The summed E-state index contributed by atoms with van der Waals surface area (Å²) in [5.41, 5.74) is 0.655. The van der Waals surface area contributed by atoms with E-state index in [0.29, 0.717) is 5.69 Å². The summed E-state index contributed by atoms with van der Waals surface area (Å²) in [6.45, 7) is 4.16. The zero-order chi connectivity index (χ0) is 14.5. The highest BCUT2D eigenvalue weighted by Crippen LogP contribution is 2.22. The van der Waals surface area contributed by atoms with Gasteiger partial charge in [0.1, 0.15) is 0 Å². The molecule has 1 aromatic carbocycles. The van der Waals surface area contributed by atoms with Crippen LogP contribution in [0.2, 0.25) is 0 Å². The van der Waals surface area contributed by atoms with Crippen molar-refractivity contribution in [3.05, 3.63) is 30.3 Å². The van der Waals surface area contributed by atoms with E-state index in [1.807, 2.05) is 36.9 Å². The number of nitrogens with one attached hydrogen (secondary N) is 1. The first-order valence-electron chi connectivity index (χ1n) is 6.89. The van der Waals surface area contributed by atoms with Crippen molar-refractivity contribution < 1.29 is 9.59 Å². The Bertz CT molecular complexity index is 478. The summed E-state index contributed by atoms with van der Waals surface area (Å²) in [7, 11) is 0. The van der Waals surface area contributed by atoms with Gasteiger partial charge in [-0.2, -0.15) is 11.8 Å². The van der Waals surface area contributed by atoms with Crippen LogP contribution in [-0.2, 0) is 9.59 Å². The van der Waals surface area contributed by atoms with Crippen molar-refractivity contribution in [2.75, 3.05) is 16.4 Å². The molecule has 1 heterocycles. The number of thioether (sulfide) groups is 1. The van der Waals surface area contributed by atoms with Crippen LogP contribution in [0.25, 0.3) is 0 Å². The first-order valence-corrected chi connectivity index (χ1v) is 8.04. The van der Waals surface area contributed by atoms with Crippen LogP contribution in [-0.4, -0.2) is 35.4 Å². The molecule has 0 radical (unpaired) electrons. The predicted octanol–water partition coefficient (Wildman–Crippen LogP) is 2.05. The molecular formula is C15H20N2O2S. The van der Waals surface area contributed by atoms with Gasteiger partial charge in [0, 0.05) is 11.8 Å². The summed E-state index contributed by atoms with van der Waals surface area (Å²) in [4.78, 5) is 25.7. The molecule has 20 heavy (non-hydrogen) atoms. The smallest absolute Gasteiger partial charge is 0.251 e. The first kappa shape index (κ1) is 15.1. The summed E-state index contributed by atoms with van der Waals surface area (Å²) in [6, 6.07) is 8.93. The Morgan fingerprint density at radius 1 is 1.35 bits per heavy atom. The van der Waals surface area contributed by atoms with Gasteiger partial charge < -0.3 is 5.32 Å². The second kappa shape index (κ2) is 6.90. The zero-order valence-corrected chi connectivity index (χ0v) is 12.7. The summed E-state index contributed by atoms with van der Waals surface area (Å²) in [5, 5.41) is 3.26. The number of carbonyl (C=O) groups is 2. The van der Waals surface area contributed by atoms with E-state index in [9.17, 15) is 9.59 Å². The van der Waals surface area contributed by atoms with E-state index >= 15 is 0 Å². The Hall–Kier alpha value is -1.33. The average Bonchev–Trinajstić information content (AvgIpc) is 2.72. The minimum atomic E-state index is -0.393. The molecule has 0 aromatic heterocycles. The van der Waals surface area contributed by atoms with E-state index in [1.165, 1.54) is 4.90 Å². The molecule has 0 spiro atoms. The van der Waals surface area contributed by atoms with Crippen molar-refractivity contribution in [1.29, 1.82) is 0 Å². The number of anilines is 1. The fourth-order valence-electron chi connectivity index (χ4n) is 2.30. The minimum absolute atomic E-state index is 0.131. The summed E-state index contributed by atoms with van der Waals surface area (Å²) < 4.78 is 0. The van der Waals surface area contributed by atoms with Crippen molar-refractivity contribution in [2.45, 2.75) is 32.4 Å². The number of amides is 2. The van der Waals surface area contributed by atoms with Crippen molar-refractivity contribution in [3.63, 3.8) is 0 Å².